The van der Waals surface area contributed by atoms with Crippen LogP contribution in [0.1, 0.15) is 13.3 Å². The third kappa shape index (κ3) is 3.08. The van der Waals surface area contributed by atoms with Crippen LogP contribution in [0, 0.1) is 5.92 Å². The lowest BCUT2D eigenvalue weighted by Crippen LogP contribution is -2.22. The number of nitrogens with zero attached hydrogens (tertiary/aromatic N) is 1. The number of halogens is 2. The molecule has 0 aromatic carbocycles. The summed E-state index contributed by atoms with van der Waals surface area (Å²) < 4.78 is 0. The van der Waals surface area contributed by atoms with Crippen LogP contribution < -0.4 is 0 Å². The molecular formula is C9H15BrClN. The fraction of sp³-hybridized carbons (Fsp3) is 0.778. The van der Waals surface area contributed by atoms with Crippen molar-refractivity contribution in [2.75, 3.05) is 25.0 Å². The van der Waals surface area contributed by atoms with Crippen LogP contribution >= 0.6 is 27.5 Å². The van der Waals surface area contributed by atoms with E-state index in [0.717, 1.165) is 17.8 Å². The molecule has 1 unspecified atom stereocenters. The lowest BCUT2D eigenvalue weighted by Gasteiger charge is -2.14. The van der Waals surface area contributed by atoms with E-state index in [0.29, 0.717) is 0 Å². The summed E-state index contributed by atoms with van der Waals surface area (Å²) >= 11 is 9.12. The van der Waals surface area contributed by atoms with Gasteiger partial charge >= 0.3 is 0 Å². The fourth-order valence-corrected chi connectivity index (χ4v) is 2.17. The fourth-order valence-electron chi connectivity index (χ4n) is 1.57. The van der Waals surface area contributed by atoms with E-state index in [1.54, 1.807) is 5.54 Å². The summed E-state index contributed by atoms with van der Waals surface area (Å²) in [6.45, 7) is 5.55. The maximum Gasteiger partial charge on any atom is 0.0201 e. The first-order valence-electron chi connectivity index (χ1n) is 4.30. The zero-order chi connectivity index (χ0) is 8.97. The van der Waals surface area contributed by atoms with E-state index < -0.39 is 0 Å². The molecule has 0 bridgehead atoms. The number of hydrogen-bond donors (Lipinski definition) is 0. The van der Waals surface area contributed by atoms with Crippen LogP contribution in [0.4, 0.5) is 0 Å². The van der Waals surface area contributed by atoms with Gasteiger partial charge < -0.3 is 0 Å². The third-order valence-electron chi connectivity index (χ3n) is 2.25. The molecule has 1 heterocycles. The van der Waals surface area contributed by atoms with Crippen molar-refractivity contribution in [3.05, 3.63) is 11.1 Å². The molecule has 1 saturated heterocycles. The van der Waals surface area contributed by atoms with Crippen molar-refractivity contribution >= 4 is 27.5 Å². The van der Waals surface area contributed by atoms with Crippen LogP contribution in [-0.2, 0) is 0 Å². The maximum absolute atomic E-state index is 5.60. The molecule has 70 valence electrons. The van der Waals surface area contributed by atoms with Crippen LogP contribution in [0.2, 0.25) is 0 Å². The van der Waals surface area contributed by atoms with Crippen molar-refractivity contribution in [2.45, 2.75) is 13.3 Å². The van der Waals surface area contributed by atoms with Gasteiger partial charge in [0, 0.05) is 24.0 Å². The Morgan fingerprint density at radius 1 is 1.75 bits per heavy atom. The van der Waals surface area contributed by atoms with Crippen molar-refractivity contribution in [1.29, 1.82) is 0 Å². The van der Waals surface area contributed by atoms with Crippen LogP contribution in [0.15, 0.2) is 11.1 Å². The molecule has 1 aliphatic heterocycles. The van der Waals surface area contributed by atoms with Gasteiger partial charge in [0.1, 0.15) is 0 Å². The molecule has 3 heteroatoms. The van der Waals surface area contributed by atoms with Crippen LogP contribution in [0.5, 0.6) is 0 Å². The Kier molecular flexibility index (Phi) is 4.62. The Morgan fingerprint density at radius 2 is 2.50 bits per heavy atom. The smallest absolute Gasteiger partial charge is 0.0201 e. The first-order valence-corrected chi connectivity index (χ1v) is 5.86. The van der Waals surface area contributed by atoms with Crippen LogP contribution in [0.25, 0.3) is 0 Å². The molecular weight excluding hydrogens is 237 g/mol. The van der Waals surface area contributed by atoms with Gasteiger partial charge in [0.25, 0.3) is 0 Å². The second-order valence-corrected chi connectivity index (χ2v) is 4.37. The average Bonchev–Trinajstić information content (AvgIpc) is 2.52. The molecule has 1 nitrogen and oxygen atoms in total. The van der Waals surface area contributed by atoms with Crippen molar-refractivity contribution in [2.24, 2.45) is 5.92 Å². The summed E-state index contributed by atoms with van der Waals surface area (Å²) in [6, 6.07) is 0. The minimum atomic E-state index is 0.841. The van der Waals surface area contributed by atoms with Gasteiger partial charge in [-0.3, -0.25) is 4.90 Å². The van der Waals surface area contributed by atoms with Crippen LogP contribution in [-0.4, -0.2) is 29.9 Å². The summed E-state index contributed by atoms with van der Waals surface area (Å²) in [4.78, 5) is 2.46. The summed E-state index contributed by atoms with van der Waals surface area (Å²) in [5, 5.41) is 1.13. The number of rotatable bonds is 3. The number of likely N-dealkylation sites (tertiary alicyclic amines) is 1. The van der Waals surface area contributed by atoms with Gasteiger partial charge in [-0.05, 0) is 31.4 Å². The minimum Gasteiger partial charge on any atom is -0.299 e. The molecule has 0 saturated carbocycles. The van der Waals surface area contributed by atoms with Crippen molar-refractivity contribution in [1.82, 2.24) is 4.90 Å². The van der Waals surface area contributed by atoms with E-state index in [2.05, 4.69) is 27.8 Å². The molecule has 0 amide bonds. The van der Waals surface area contributed by atoms with Gasteiger partial charge in [0.2, 0.25) is 0 Å². The van der Waals surface area contributed by atoms with E-state index in [1.165, 1.54) is 25.1 Å². The van der Waals surface area contributed by atoms with Gasteiger partial charge in [-0.25, -0.2) is 0 Å². The topological polar surface area (TPSA) is 3.24 Å². The predicted molar refractivity (Wildman–Crippen MR) is 58.0 cm³/mol. The Labute approximate surface area is 87.9 Å². The minimum absolute atomic E-state index is 0.841. The molecule has 1 aliphatic rings. The van der Waals surface area contributed by atoms with Gasteiger partial charge in [-0.15, -0.1) is 0 Å². The monoisotopic (exact) mass is 251 g/mol. The normalized spacial score (nSPS) is 26.6. The second kappa shape index (κ2) is 5.25. The summed E-state index contributed by atoms with van der Waals surface area (Å²) in [5.74, 6) is 0.841. The Bertz CT molecular complexity index is 170. The largest absolute Gasteiger partial charge is 0.299 e. The molecule has 0 aromatic heterocycles. The number of alkyl halides is 1. The van der Waals surface area contributed by atoms with E-state index in [-0.39, 0.29) is 0 Å². The predicted octanol–water partition coefficient (Wildman–Crippen LogP) is 2.85. The first kappa shape index (κ1) is 10.6. The summed E-state index contributed by atoms with van der Waals surface area (Å²) in [6.07, 6.45) is 1.32. The molecule has 0 spiro atoms. The van der Waals surface area contributed by atoms with E-state index in [9.17, 15) is 0 Å². The van der Waals surface area contributed by atoms with Crippen LogP contribution in [0.3, 0.4) is 0 Å². The molecule has 0 aliphatic carbocycles. The maximum atomic E-state index is 5.60. The quantitative estimate of drug-likeness (QED) is 0.698. The second-order valence-electron chi connectivity index (χ2n) is 3.50. The lowest BCUT2D eigenvalue weighted by atomic mass is 10.2. The Morgan fingerprint density at radius 3 is 3.00 bits per heavy atom. The van der Waals surface area contributed by atoms with Gasteiger partial charge in [-0.2, -0.15) is 0 Å². The first-order chi connectivity index (χ1) is 5.76. The van der Waals surface area contributed by atoms with Crippen molar-refractivity contribution in [3.63, 3.8) is 0 Å². The molecule has 1 atom stereocenters. The Balaban J connectivity index is 2.28. The summed E-state index contributed by atoms with van der Waals surface area (Å²) in [7, 11) is 0. The zero-order valence-electron chi connectivity index (χ0n) is 7.39. The van der Waals surface area contributed by atoms with E-state index in [4.69, 9.17) is 11.6 Å². The highest BCUT2D eigenvalue weighted by atomic mass is 79.9. The van der Waals surface area contributed by atoms with Gasteiger partial charge in [0.15, 0.2) is 0 Å². The van der Waals surface area contributed by atoms with Gasteiger partial charge in [-0.1, -0.05) is 27.5 Å². The molecule has 0 aromatic rings. The highest BCUT2D eigenvalue weighted by Crippen LogP contribution is 2.18. The zero-order valence-corrected chi connectivity index (χ0v) is 9.74. The standard InChI is InChI=1S/C9H15BrClN/c1-8(5-11)6-12-3-2-9(4-10)7-12/h5,9H,2-4,6-7H2,1H3/b8-5+. The number of hydrogen-bond acceptors (Lipinski definition) is 1. The van der Waals surface area contributed by atoms with E-state index in [1.807, 2.05) is 0 Å². The molecule has 0 N–H and O–H groups in total. The summed E-state index contributed by atoms with van der Waals surface area (Å²) in [5.41, 5.74) is 2.94. The van der Waals surface area contributed by atoms with E-state index >= 15 is 0 Å². The third-order valence-corrected chi connectivity index (χ3v) is 3.54. The Hall–Kier alpha value is 0.470. The average molecular weight is 253 g/mol. The molecule has 0 radical (unpaired) electrons. The molecule has 1 rings (SSSR count). The highest BCUT2D eigenvalue weighted by Gasteiger charge is 2.20. The molecule has 12 heavy (non-hydrogen) atoms. The lowest BCUT2D eigenvalue weighted by molar-refractivity contribution is 0.357. The van der Waals surface area contributed by atoms with Crippen molar-refractivity contribution in [3.8, 4) is 0 Å². The van der Waals surface area contributed by atoms with Gasteiger partial charge in [0.05, 0.1) is 0 Å². The molecule has 1 fully saturated rings. The van der Waals surface area contributed by atoms with Crippen molar-refractivity contribution < 1.29 is 0 Å². The highest BCUT2D eigenvalue weighted by molar-refractivity contribution is 9.09. The SMILES string of the molecule is C/C(=C\Cl)CN1CCC(CBr)C1.